The van der Waals surface area contributed by atoms with E-state index in [2.05, 4.69) is 4.98 Å². The van der Waals surface area contributed by atoms with Crippen molar-refractivity contribution in [3.8, 4) is 11.4 Å². The Hall–Kier alpha value is -1.81. The molecule has 1 aromatic carbocycles. The van der Waals surface area contributed by atoms with Crippen LogP contribution in [0.25, 0.3) is 11.4 Å². The van der Waals surface area contributed by atoms with Crippen LogP contribution in [-0.4, -0.2) is 20.6 Å². The van der Waals surface area contributed by atoms with Gasteiger partial charge in [0, 0.05) is 23.3 Å². The normalized spacial score (nSPS) is 10.6. The molecule has 0 saturated carbocycles. The van der Waals surface area contributed by atoms with E-state index in [1.807, 2.05) is 36.7 Å². The summed E-state index contributed by atoms with van der Waals surface area (Å²) in [6, 6.07) is 7.35. The lowest BCUT2D eigenvalue weighted by Gasteiger charge is -2.03. The topological polar surface area (TPSA) is 55.1 Å². The fourth-order valence-electron chi connectivity index (χ4n) is 1.83. The SMILES string of the molecule is Cc1c(CC(=O)O)nc(-c2cccc(Cl)c2)n1C. The van der Waals surface area contributed by atoms with Crippen molar-refractivity contribution in [2.24, 2.45) is 7.05 Å². The molecule has 1 heterocycles. The van der Waals surface area contributed by atoms with E-state index in [0.717, 1.165) is 17.1 Å². The molecule has 94 valence electrons. The first kappa shape index (κ1) is 12.6. The molecule has 0 unspecified atom stereocenters. The van der Waals surface area contributed by atoms with Crippen molar-refractivity contribution in [2.45, 2.75) is 13.3 Å². The van der Waals surface area contributed by atoms with Gasteiger partial charge in [-0.15, -0.1) is 0 Å². The van der Waals surface area contributed by atoms with Crippen molar-refractivity contribution in [2.75, 3.05) is 0 Å². The third-order valence-electron chi connectivity index (χ3n) is 2.88. The van der Waals surface area contributed by atoms with Gasteiger partial charge >= 0.3 is 5.97 Å². The molecule has 0 fully saturated rings. The van der Waals surface area contributed by atoms with Gasteiger partial charge in [-0.25, -0.2) is 4.98 Å². The van der Waals surface area contributed by atoms with E-state index in [0.29, 0.717) is 10.7 Å². The van der Waals surface area contributed by atoms with Crippen LogP contribution < -0.4 is 0 Å². The number of hydrogen-bond acceptors (Lipinski definition) is 2. The predicted molar refractivity (Wildman–Crippen MR) is 69.7 cm³/mol. The Morgan fingerprint density at radius 3 is 2.83 bits per heavy atom. The highest BCUT2D eigenvalue weighted by Crippen LogP contribution is 2.24. The van der Waals surface area contributed by atoms with Crippen molar-refractivity contribution >= 4 is 17.6 Å². The summed E-state index contributed by atoms with van der Waals surface area (Å²) in [6.45, 7) is 1.86. The van der Waals surface area contributed by atoms with E-state index in [-0.39, 0.29) is 6.42 Å². The lowest BCUT2D eigenvalue weighted by Crippen LogP contribution is -2.02. The molecule has 0 saturated heterocycles. The molecule has 1 aromatic heterocycles. The summed E-state index contributed by atoms with van der Waals surface area (Å²) in [5.74, 6) is -0.153. The Bertz CT molecular complexity index is 605. The molecule has 18 heavy (non-hydrogen) atoms. The fourth-order valence-corrected chi connectivity index (χ4v) is 2.02. The summed E-state index contributed by atoms with van der Waals surface area (Å²) in [5.41, 5.74) is 2.32. The second kappa shape index (κ2) is 4.82. The van der Waals surface area contributed by atoms with Crippen LogP contribution >= 0.6 is 11.6 Å². The molecule has 2 aromatic rings. The zero-order valence-corrected chi connectivity index (χ0v) is 10.9. The van der Waals surface area contributed by atoms with E-state index < -0.39 is 5.97 Å². The van der Waals surface area contributed by atoms with E-state index >= 15 is 0 Å². The van der Waals surface area contributed by atoms with Gasteiger partial charge in [0.05, 0.1) is 12.1 Å². The molecule has 0 aliphatic rings. The summed E-state index contributed by atoms with van der Waals surface area (Å²) in [7, 11) is 1.87. The number of rotatable bonds is 3. The number of carboxylic acids is 1. The van der Waals surface area contributed by atoms with Crippen molar-refractivity contribution in [1.29, 1.82) is 0 Å². The van der Waals surface area contributed by atoms with Crippen LogP contribution in [0.1, 0.15) is 11.4 Å². The number of aliphatic carboxylic acids is 1. The molecule has 0 aliphatic carbocycles. The predicted octanol–water partition coefficient (Wildman–Crippen LogP) is 2.68. The zero-order valence-electron chi connectivity index (χ0n) is 10.1. The molecule has 0 radical (unpaired) electrons. The molecule has 0 amide bonds. The maximum absolute atomic E-state index is 10.8. The Kier molecular flexibility index (Phi) is 3.39. The van der Waals surface area contributed by atoms with Gasteiger partial charge in [-0.1, -0.05) is 23.7 Å². The highest BCUT2D eigenvalue weighted by Gasteiger charge is 2.15. The first-order valence-corrected chi connectivity index (χ1v) is 5.86. The summed E-state index contributed by atoms with van der Waals surface area (Å²) in [5, 5.41) is 9.47. The van der Waals surface area contributed by atoms with Crippen molar-refractivity contribution in [1.82, 2.24) is 9.55 Å². The number of aromatic nitrogens is 2. The Labute approximate surface area is 110 Å². The zero-order chi connectivity index (χ0) is 13.3. The Morgan fingerprint density at radius 2 is 2.22 bits per heavy atom. The van der Waals surface area contributed by atoms with Crippen LogP contribution in [0.4, 0.5) is 0 Å². The summed E-state index contributed by atoms with van der Waals surface area (Å²) < 4.78 is 1.88. The van der Waals surface area contributed by atoms with Crippen LogP contribution in [0, 0.1) is 6.92 Å². The number of nitrogens with zero attached hydrogens (tertiary/aromatic N) is 2. The first-order valence-electron chi connectivity index (χ1n) is 5.49. The lowest BCUT2D eigenvalue weighted by molar-refractivity contribution is -0.136. The van der Waals surface area contributed by atoms with Gasteiger partial charge in [0.1, 0.15) is 5.82 Å². The van der Waals surface area contributed by atoms with Crippen LogP contribution in [0.15, 0.2) is 24.3 Å². The molecular weight excluding hydrogens is 252 g/mol. The van der Waals surface area contributed by atoms with Gasteiger partial charge in [-0.3, -0.25) is 4.79 Å². The number of hydrogen-bond donors (Lipinski definition) is 1. The van der Waals surface area contributed by atoms with E-state index in [9.17, 15) is 4.79 Å². The standard InChI is InChI=1S/C13H13ClN2O2/c1-8-11(7-12(17)18)15-13(16(8)2)9-4-3-5-10(14)6-9/h3-6H,7H2,1-2H3,(H,17,18). The molecule has 0 aliphatic heterocycles. The van der Waals surface area contributed by atoms with Crippen LogP contribution in [0.3, 0.4) is 0 Å². The average Bonchev–Trinajstić information content (AvgIpc) is 2.57. The minimum absolute atomic E-state index is 0.0692. The smallest absolute Gasteiger partial charge is 0.309 e. The van der Waals surface area contributed by atoms with Gasteiger partial charge in [-0.05, 0) is 19.1 Å². The summed E-state index contributed by atoms with van der Waals surface area (Å²) in [6.07, 6.45) is -0.0692. The van der Waals surface area contributed by atoms with Gasteiger partial charge in [0.15, 0.2) is 0 Å². The van der Waals surface area contributed by atoms with E-state index in [4.69, 9.17) is 16.7 Å². The molecule has 1 N–H and O–H groups in total. The minimum Gasteiger partial charge on any atom is -0.481 e. The van der Waals surface area contributed by atoms with Crippen LogP contribution in [0.5, 0.6) is 0 Å². The quantitative estimate of drug-likeness (QED) is 0.927. The third kappa shape index (κ3) is 2.38. The third-order valence-corrected chi connectivity index (χ3v) is 3.12. The Balaban J connectivity index is 2.49. The molecular formula is C13H13ClN2O2. The average molecular weight is 265 g/mol. The van der Waals surface area contributed by atoms with Gasteiger partial charge in [0.25, 0.3) is 0 Å². The molecule has 5 heteroatoms. The van der Waals surface area contributed by atoms with Crippen LogP contribution in [-0.2, 0) is 18.3 Å². The summed E-state index contributed by atoms with van der Waals surface area (Å²) in [4.78, 5) is 15.1. The maximum Gasteiger partial charge on any atom is 0.309 e. The lowest BCUT2D eigenvalue weighted by atomic mass is 10.2. The second-order valence-electron chi connectivity index (χ2n) is 4.11. The van der Waals surface area contributed by atoms with Crippen LogP contribution in [0.2, 0.25) is 5.02 Å². The molecule has 0 atom stereocenters. The highest BCUT2D eigenvalue weighted by molar-refractivity contribution is 6.30. The number of carbonyl (C=O) groups is 1. The van der Waals surface area contributed by atoms with Gasteiger partial charge < -0.3 is 9.67 Å². The van der Waals surface area contributed by atoms with Crippen molar-refractivity contribution in [3.05, 3.63) is 40.7 Å². The number of carboxylic acid groups (broad SMARTS) is 1. The number of benzene rings is 1. The molecule has 4 nitrogen and oxygen atoms in total. The molecule has 0 spiro atoms. The van der Waals surface area contributed by atoms with Gasteiger partial charge in [0.2, 0.25) is 0 Å². The van der Waals surface area contributed by atoms with E-state index in [1.165, 1.54) is 0 Å². The second-order valence-corrected chi connectivity index (χ2v) is 4.54. The maximum atomic E-state index is 10.8. The molecule has 2 rings (SSSR count). The van der Waals surface area contributed by atoms with Crippen molar-refractivity contribution in [3.63, 3.8) is 0 Å². The Morgan fingerprint density at radius 1 is 1.50 bits per heavy atom. The number of imidazole rings is 1. The first-order chi connectivity index (χ1) is 8.49. The minimum atomic E-state index is -0.881. The van der Waals surface area contributed by atoms with E-state index in [1.54, 1.807) is 6.07 Å². The largest absolute Gasteiger partial charge is 0.481 e. The monoisotopic (exact) mass is 264 g/mol. The molecule has 0 bridgehead atoms. The number of halogens is 1. The fraction of sp³-hybridized carbons (Fsp3) is 0.231. The highest BCUT2D eigenvalue weighted by atomic mass is 35.5. The van der Waals surface area contributed by atoms with Crippen molar-refractivity contribution < 1.29 is 9.90 Å². The van der Waals surface area contributed by atoms with Gasteiger partial charge in [-0.2, -0.15) is 0 Å². The summed E-state index contributed by atoms with van der Waals surface area (Å²) >= 11 is 5.95.